The summed E-state index contributed by atoms with van der Waals surface area (Å²) in [4.78, 5) is 19.6. The van der Waals surface area contributed by atoms with Crippen LogP contribution < -0.4 is 10.2 Å². The number of anilines is 2. The minimum Gasteiger partial charge on any atom is -0.382 e. The van der Waals surface area contributed by atoms with Gasteiger partial charge in [-0.3, -0.25) is 9.69 Å². The molecule has 1 N–H and O–H groups in total. The van der Waals surface area contributed by atoms with Crippen LogP contribution in [0, 0.1) is 17.2 Å². The van der Waals surface area contributed by atoms with E-state index >= 15 is 0 Å². The molecule has 1 amide bonds. The minimum atomic E-state index is -4.59. The molecule has 0 spiro atoms. The predicted octanol–water partition coefficient (Wildman–Crippen LogP) is 5.73. The summed E-state index contributed by atoms with van der Waals surface area (Å²) in [5.74, 6) is -0.00391. The molecule has 2 aliphatic rings. The van der Waals surface area contributed by atoms with Crippen LogP contribution in [-0.2, 0) is 11.0 Å². The minimum absolute atomic E-state index is 0. The fraction of sp³-hybridized carbons (Fsp3) is 0.500. The number of amides is 1. The molecule has 6 nitrogen and oxygen atoms in total. The van der Waals surface area contributed by atoms with Gasteiger partial charge in [0.2, 0.25) is 5.91 Å². The molecule has 0 radical (unpaired) electrons. The molecule has 2 aromatic carbocycles. The van der Waals surface area contributed by atoms with Crippen molar-refractivity contribution in [3.05, 3.63) is 58.6 Å². The third-order valence-electron chi connectivity index (χ3n) is 7.14. The van der Waals surface area contributed by atoms with Crippen molar-refractivity contribution in [2.24, 2.45) is 5.92 Å². The zero-order chi connectivity index (χ0) is 26.6. The van der Waals surface area contributed by atoms with Crippen LogP contribution in [0.15, 0.2) is 42.5 Å². The van der Waals surface area contributed by atoms with Gasteiger partial charge in [0, 0.05) is 74.2 Å². The number of hydrogen-bond donors (Lipinski definition) is 1. The van der Waals surface area contributed by atoms with E-state index in [1.165, 1.54) is 12.1 Å². The van der Waals surface area contributed by atoms with Gasteiger partial charge in [0.15, 0.2) is 0 Å². The van der Waals surface area contributed by atoms with E-state index in [4.69, 9.17) is 16.9 Å². The van der Waals surface area contributed by atoms with Gasteiger partial charge in [-0.1, -0.05) is 26.0 Å². The second-order valence-corrected chi connectivity index (χ2v) is 10.2. The number of likely N-dealkylation sites (tertiary alicyclic amines) is 1. The Bertz CT molecular complexity index is 1120. The van der Waals surface area contributed by atoms with Gasteiger partial charge < -0.3 is 15.1 Å². The monoisotopic (exact) mass is 549 g/mol. The van der Waals surface area contributed by atoms with Gasteiger partial charge in [0.25, 0.3) is 0 Å². The summed E-state index contributed by atoms with van der Waals surface area (Å²) in [6.07, 6.45) is -3.28. The Balaban J connectivity index is 0.00000400. The Labute approximate surface area is 228 Å². The molecule has 1 unspecified atom stereocenters. The Kier molecular flexibility index (Phi) is 9.91. The maximum Gasteiger partial charge on any atom is 0.417 e. The van der Waals surface area contributed by atoms with Crippen LogP contribution in [0.25, 0.3) is 0 Å². The maximum absolute atomic E-state index is 13.3. The van der Waals surface area contributed by atoms with Crippen molar-refractivity contribution < 1.29 is 18.0 Å². The van der Waals surface area contributed by atoms with Gasteiger partial charge in [0.1, 0.15) is 0 Å². The van der Waals surface area contributed by atoms with E-state index < -0.39 is 11.7 Å². The van der Waals surface area contributed by atoms with Crippen molar-refractivity contribution in [1.29, 1.82) is 5.26 Å². The molecule has 2 aliphatic heterocycles. The zero-order valence-corrected chi connectivity index (χ0v) is 21.5. The van der Waals surface area contributed by atoms with Crippen LogP contribution in [0.4, 0.5) is 24.5 Å². The Morgan fingerprint density at radius 3 is 2.29 bits per heavy atom. The quantitative estimate of drug-likeness (QED) is 0.499. The van der Waals surface area contributed by atoms with Gasteiger partial charge in [0.05, 0.1) is 17.2 Å². The smallest absolute Gasteiger partial charge is 0.382 e. The lowest BCUT2D eigenvalue weighted by molar-refractivity contribution is -0.138. The lowest BCUT2D eigenvalue weighted by Crippen LogP contribution is -2.50. The molecule has 0 saturated carbocycles. The predicted molar refractivity (Wildman–Crippen MR) is 145 cm³/mol. The number of rotatable bonds is 6. The normalized spacial score (nSPS) is 17.9. The van der Waals surface area contributed by atoms with Gasteiger partial charge in [-0.25, -0.2) is 0 Å². The summed E-state index contributed by atoms with van der Waals surface area (Å²) in [5.41, 5.74) is 0.164. The SMILES string of the molecule is C.CC(CN1CCN(c2ccc(Cl)cc2)CC1)C(=O)N1CCC(Nc2ccc(C#N)c(C(F)(F)F)c2)CC1. The third-order valence-corrected chi connectivity index (χ3v) is 7.39. The standard InChI is InChI=1S/C27H31ClF3N5O.CH4/c1-19(18-34-12-14-35(15-13-34)24-6-3-21(28)4-7-24)26(37)36-10-8-22(9-11-36)33-23-5-2-20(17-32)25(16-23)27(29,30)31;/h2-7,16,19,22,33H,8-15,18H2,1H3;1H4. The largest absolute Gasteiger partial charge is 0.417 e. The Morgan fingerprint density at radius 2 is 1.71 bits per heavy atom. The first-order valence-electron chi connectivity index (χ1n) is 12.5. The maximum atomic E-state index is 13.3. The van der Waals surface area contributed by atoms with Crippen LogP contribution in [0.5, 0.6) is 0 Å². The topological polar surface area (TPSA) is 62.6 Å². The molecule has 0 bridgehead atoms. The summed E-state index contributed by atoms with van der Waals surface area (Å²) in [6.45, 7) is 7.36. The highest BCUT2D eigenvalue weighted by Crippen LogP contribution is 2.34. The van der Waals surface area contributed by atoms with E-state index in [1.807, 2.05) is 36.1 Å². The van der Waals surface area contributed by atoms with Gasteiger partial charge >= 0.3 is 6.18 Å². The second kappa shape index (κ2) is 12.7. The van der Waals surface area contributed by atoms with Crippen LogP contribution in [-0.4, -0.2) is 67.6 Å². The molecule has 0 aliphatic carbocycles. The highest BCUT2D eigenvalue weighted by molar-refractivity contribution is 6.30. The summed E-state index contributed by atoms with van der Waals surface area (Å²) >= 11 is 5.99. The number of halogens is 4. The van der Waals surface area contributed by atoms with Gasteiger partial charge in [-0.15, -0.1) is 0 Å². The van der Waals surface area contributed by atoms with E-state index in [0.29, 0.717) is 38.2 Å². The molecular formula is C28H35ClF3N5O. The van der Waals surface area contributed by atoms with E-state index in [9.17, 15) is 18.0 Å². The number of carbonyl (C=O) groups excluding carboxylic acids is 1. The first-order valence-corrected chi connectivity index (χ1v) is 12.9. The van der Waals surface area contributed by atoms with Crippen LogP contribution in [0.1, 0.15) is 38.3 Å². The summed E-state index contributed by atoms with van der Waals surface area (Å²) < 4.78 is 39.8. The molecule has 2 fully saturated rings. The summed E-state index contributed by atoms with van der Waals surface area (Å²) in [6, 6.07) is 13.1. The number of nitrogens with zero attached hydrogens (tertiary/aromatic N) is 4. The molecule has 2 aromatic rings. The summed E-state index contributed by atoms with van der Waals surface area (Å²) in [7, 11) is 0. The molecule has 2 saturated heterocycles. The third kappa shape index (κ3) is 7.33. The summed E-state index contributed by atoms with van der Waals surface area (Å²) in [5, 5.41) is 12.8. The molecule has 0 aromatic heterocycles. The lowest BCUT2D eigenvalue weighted by atomic mass is 10.0. The van der Waals surface area contributed by atoms with Crippen molar-refractivity contribution in [3.8, 4) is 6.07 Å². The molecule has 206 valence electrons. The highest BCUT2D eigenvalue weighted by Gasteiger charge is 2.34. The van der Waals surface area contributed by atoms with Gasteiger partial charge in [-0.05, 0) is 55.3 Å². The van der Waals surface area contributed by atoms with Crippen LogP contribution >= 0.6 is 11.6 Å². The number of benzene rings is 2. The Morgan fingerprint density at radius 1 is 1.08 bits per heavy atom. The molecular weight excluding hydrogens is 515 g/mol. The molecule has 4 rings (SSSR count). The lowest BCUT2D eigenvalue weighted by Gasteiger charge is -2.38. The van der Waals surface area contributed by atoms with Crippen molar-refractivity contribution in [2.45, 2.75) is 39.4 Å². The molecule has 1 atom stereocenters. The molecule has 38 heavy (non-hydrogen) atoms. The number of carbonyl (C=O) groups is 1. The average Bonchev–Trinajstić information content (AvgIpc) is 2.89. The zero-order valence-electron chi connectivity index (χ0n) is 20.8. The van der Waals surface area contributed by atoms with E-state index in [1.54, 1.807) is 6.07 Å². The fourth-order valence-electron chi connectivity index (χ4n) is 5.06. The van der Waals surface area contributed by atoms with Gasteiger partial charge in [-0.2, -0.15) is 18.4 Å². The van der Waals surface area contributed by atoms with Crippen molar-refractivity contribution in [2.75, 3.05) is 56.0 Å². The first-order chi connectivity index (χ1) is 17.6. The van der Waals surface area contributed by atoms with E-state index in [0.717, 1.165) is 43.0 Å². The van der Waals surface area contributed by atoms with Crippen molar-refractivity contribution in [3.63, 3.8) is 0 Å². The molecule has 2 heterocycles. The highest BCUT2D eigenvalue weighted by atomic mass is 35.5. The van der Waals surface area contributed by atoms with Crippen LogP contribution in [0.2, 0.25) is 5.02 Å². The number of alkyl halides is 3. The number of hydrogen-bond acceptors (Lipinski definition) is 5. The number of nitriles is 1. The first kappa shape index (κ1) is 29.6. The van der Waals surface area contributed by atoms with E-state index in [2.05, 4.69) is 15.1 Å². The number of piperidine rings is 1. The Hall–Kier alpha value is -2.96. The molecule has 10 heteroatoms. The number of nitrogens with one attached hydrogen (secondary N) is 1. The number of piperazine rings is 1. The average molecular weight is 550 g/mol. The van der Waals surface area contributed by atoms with Crippen molar-refractivity contribution in [1.82, 2.24) is 9.80 Å². The van der Waals surface area contributed by atoms with Crippen LogP contribution in [0.3, 0.4) is 0 Å². The second-order valence-electron chi connectivity index (χ2n) is 9.78. The fourth-order valence-corrected chi connectivity index (χ4v) is 5.19. The van der Waals surface area contributed by atoms with E-state index in [-0.39, 0.29) is 30.9 Å². The van der Waals surface area contributed by atoms with Crippen molar-refractivity contribution >= 4 is 28.9 Å².